The number of anilines is 2. The molecule has 3 aromatic rings. The Morgan fingerprint density at radius 1 is 1.05 bits per heavy atom. The topological polar surface area (TPSA) is 103 Å². The number of carbonyl (C=O) groups is 1. The highest BCUT2D eigenvalue weighted by atomic mass is 32.2. The van der Waals surface area contributed by atoms with Gasteiger partial charge < -0.3 is 14.8 Å². The van der Waals surface area contributed by atoms with Crippen LogP contribution in [0, 0.1) is 0 Å². The van der Waals surface area contributed by atoms with Crippen LogP contribution in [0.2, 0.25) is 0 Å². The number of ether oxygens (including phenoxy) is 2. The second-order valence-corrected chi connectivity index (χ2v) is 12.0. The summed E-state index contributed by atoms with van der Waals surface area (Å²) in [4.78, 5) is 18.9. The summed E-state index contributed by atoms with van der Waals surface area (Å²) in [5.74, 6) is -3.43. The van der Waals surface area contributed by atoms with E-state index in [-0.39, 0.29) is 29.2 Å². The van der Waals surface area contributed by atoms with E-state index in [1.165, 1.54) is 31.2 Å². The third-order valence-electron chi connectivity index (χ3n) is 6.11. The van der Waals surface area contributed by atoms with Crippen LogP contribution in [0.5, 0.6) is 5.88 Å². The molecule has 1 unspecified atom stereocenters. The summed E-state index contributed by atoms with van der Waals surface area (Å²) in [5.41, 5.74) is -0.0995. The number of rotatable bonds is 10. The highest BCUT2D eigenvalue weighted by Gasteiger charge is 2.43. The molecule has 1 aliphatic rings. The van der Waals surface area contributed by atoms with Crippen LogP contribution >= 0.6 is 0 Å². The Balaban J connectivity index is 1.50. The maximum atomic E-state index is 13.6. The quantitative estimate of drug-likeness (QED) is 0.248. The van der Waals surface area contributed by atoms with Gasteiger partial charge in [-0.25, -0.2) is 9.19 Å². The zero-order chi connectivity index (χ0) is 30.7. The SMILES string of the molecule is C[C@H](CO[C@@H](C)c1ccccc1)Oc1nc(Nc2ccc(S(=O)(=NC(=O)C(F)(F)F)C3CC3)cc2)ncc1C(F)(F)F. The van der Waals surface area contributed by atoms with Crippen molar-refractivity contribution < 1.29 is 44.8 Å². The molecule has 1 N–H and O–H groups in total. The summed E-state index contributed by atoms with van der Waals surface area (Å²) >= 11 is 0. The monoisotopic (exact) mass is 616 g/mol. The van der Waals surface area contributed by atoms with Crippen molar-refractivity contribution in [3.05, 3.63) is 71.9 Å². The van der Waals surface area contributed by atoms with Gasteiger partial charge in [0, 0.05) is 22.0 Å². The number of amides is 1. The number of benzene rings is 2. The van der Waals surface area contributed by atoms with Crippen LogP contribution in [0.3, 0.4) is 0 Å². The molecule has 1 amide bonds. The van der Waals surface area contributed by atoms with Crippen LogP contribution in [-0.4, -0.2) is 44.2 Å². The van der Waals surface area contributed by atoms with Crippen LogP contribution < -0.4 is 10.1 Å². The summed E-state index contributed by atoms with van der Waals surface area (Å²) in [6, 6.07) is 14.3. The van der Waals surface area contributed by atoms with E-state index in [0.717, 1.165) is 5.56 Å². The first-order valence-electron chi connectivity index (χ1n) is 12.7. The molecule has 1 aromatic heterocycles. The van der Waals surface area contributed by atoms with E-state index in [4.69, 9.17) is 9.47 Å². The second-order valence-electron chi connectivity index (χ2n) is 9.54. The number of nitrogens with one attached hydrogen (secondary N) is 1. The molecule has 1 heterocycles. The zero-order valence-corrected chi connectivity index (χ0v) is 23.1. The van der Waals surface area contributed by atoms with Gasteiger partial charge in [-0.2, -0.15) is 31.3 Å². The standard InChI is InChI=1S/C27H26F6N4O4S/c1-16(15-40-17(2)18-6-4-3-5-7-18)41-23-22(26(28,29)30)14-34-25(36-23)35-19-8-10-20(11-9-19)42(39,21-12-13-21)37-24(38)27(31,32)33/h3-11,14,16-17,21H,12-13,15H2,1-2H3,(H,34,35,36)/t16-,17+,42?/m1/s1. The fraction of sp³-hybridized carbons (Fsp3) is 0.370. The molecular weight excluding hydrogens is 590 g/mol. The van der Waals surface area contributed by atoms with Crippen molar-refractivity contribution in [3.8, 4) is 5.88 Å². The Hall–Kier alpha value is -3.72. The Kier molecular flexibility index (Phi) is 9.11. The van der Waals surface area contributed by atoms with E-state index in [2.05, 4.69) is 19.6 Å². The van der Waals surface area contributed by atoms with Gasteiger partial charge in [0.1, 0.15) is 11.7 Å². The number of halogens is 6. The van der Waals surface area contributed by atoms with Gasteiger partial charge in [-0.1, -0.05) is 30.3 Å². The molecule has 0 bridgehead atoms. The predicted molar refractivity (Wildman–Crippen MR) is 141 cm³/mol. The number of aromatic nitrogens is 2. The lowest BCUT2D eigenvalue weighted by molar-refractivity contribution is -0.169. The van der Waals surface area contributed by atoms with Crippen LogP contribution in [0.4, 0.5) is 38.0 Å². The van der Waals surface area contributed by atoms with E-state index < -0.39 is 50.8 Å². The molecule has 3 atom stereocenters. The molecule has 15 heteroatoms. The van der Waals surface area contributed by atoms with Gasteiger partial charge in [0.15, 0.2) is 0 Å². The van der Waals surface area contributed by atoms with E-state index in [1.807, 2.05) is 30.3 Å². The molecule has 1 fully saturated rings. The van der Waals surface area contributed by atoms with E-state index in [1.54, 1.807) is 6.92 Å². The average molecular weight is 617 g/mol. The maximum Gasteiger partial charge on any atom is 0.474 e. The molecule has 42 heavy (non-hydrogen) atoms. The number of hydrogen-bond donors (Lipinski definition) is 1. The first-order valence-corrected chi connectivity index (χ1v) is 14.3. The Labute approximate surface area is 237 Å². The summed E-state index contributed by atoms with van der Waals surface area (Å²) in [7, 11) is -3.68. The first-order chi connectivity index (χ1) is 19.7. The molecule has 0 radical (unpaired) electrons. The number of nitrogens with zero attached hydrogens (tertiary/aromatic N) is 3. The second kappa shape index (κ2) is 12.3. The van der Waals surface area contributed by atoms with Crippen molar-refractivity contribution in [2.45, 2.75) is 61.4 Å². The van der Waals surface area contributed by atoms with E-state index in [0.29, 0.717) is 19.0 Å². The van der Waals surface area contributed by atoms with E-state index >= 15 is 0 Å². The largest absolute Gasteiger partial charge is 0.474 e. The van der Waals surface area contributed by atoms with Crippen molar-refractivity contribution in [1.82, 2.24) is 9.97 Å². The third kappa shape index (κ3) is 7.76. The van der Waals surface area contributed by atoms with Gasteiger partial charge in [-0.05, 0) is 56.5 Å². The Morgan fingerprint density at radius 2 is 1.69 bits per heavy atom. The summed E-state index contributed by atoms with van der Waals surface area (Å²) in [5, 5.41) is 1.99. The Morgan fingerprint density at radius 3 is 2.26 bits per heavy atom. The highest BCUT2D eigenvalue weighted by molar-refractivity contribution is 7.94. The predicted octanol–water partition coefficient (Wildman–Crippen LogP) is 6.86. The summed E-state index contributed by atoms with van der Waals surface area (Å²) < 4.78 is 107. The van der Waals surface area contributed by atoms with Gasteiger partial charge in [0.25, 0.3) is 0 Å². The number of hydrogen-bond acceptors (Lipinski definition) is 7. The minimum Gasteiger partial charge on any atom is -0.472 e. The molecule has 1 aliphatic carbocycles. The fourth-order valence-corrected chi connectivity index (χ4v) is 6.07. The fourth-order valence-electron chi connectivity index (χ4n) is 3.78. The molecule has 0 saturated heterocycles. The lowest BCUT2D eigenvalue weighted by atomic mass is 10.1. The molecule has 4 rings (SSSR count). The molecule has 0 aliphatic heterocycles. The van der Waals surface area contributed by atoms with Crippen molar-refractivity contribution >= 4 is 27.3 Å². The van der Waals surface area contributed by atoms with Gasteiger partial charge in [-0.15, -0.1) is 4.36 Å². The molecule has 226 valence electrons. The van der Waals surface area contributed by atoms with Crippen molar-refractivity contribution in [2.24, 2.45) is 4.36 Å². The highest BCUT2D eigenvalue weighted by Crippen LogP contribution is 2.38. The van der Waals surface area contributed by atoms with Crippen LogP contribution in [-0.2, 0) is 25.4 Å². The average Bonchev–Trinajstić information content (AvgIpc) is 3.78. The molecule has 0 spiro atoms. The van der Waals surface area contributed by atoms with Crippen molar-refractivity contribution in [3.63, 3.8) is 0 Å². The molecule has 1 saturated carbocycles. The van der Waals surface area contributed by atoms with Gasteiger partial charge in [-0.3, -0.25) is 4.79 Å². The van der Waals surface area contributed by atoms with Gasteiger partial charge >= 0.3 is 18.3 Å². The maximum absolute atomic E-state index is 13.6. The minimum atomic E-state index is -5.26. The smallest absolute Gasteiger partial charge is 0.472 e. The van der Waals surface area contributed by atoms with E-state index in [9.17, 15) is 35.3 Å². The Bertz CT molecular complexity index is 1520. The molecule has 8 nitrogen and oxygen atoms in total. The lowest BCUT2D eigenvalue weighted by Crippen LogP contribution is -2.23. The third-order valence-corrected chi connectivity index (χ3v) is 8.87. The van der Waals surface area contributed by atoms with Gasteiger partial charge in [0.05, 0.1) is 22.4 Å². The van der Waals surface area contributed by atoms with Crippen LogP contribution in [0.15, 0.2) is 70.1 Å². The molecule has 2 aromatic carbocycles. The summed E-state index contributed by atoms with van der Waals surface area (Å²) in [6.07, 6.45) is -9.97. The lowest BCUT2D eigenvalue weighted by Gasteiger charge is -2.20. The van der Waals surface area contributed by atoms with Crippen LogP contribution in [0.1, 0.15) is 43.9 Å². The number of carbonyl (C=O) groups excluding carboxylic acids is 1. The zero-order valence-electron chi connectivity index (χ0n) is 22.3. The van der Waals surface area contributed by atoms with Crippen molar-refractivity contribution in [2.75, 3.05) is 11.9 Å². The normalized spacial score (nSPS) is 16.7. The van der Waals surface area contributed by atoms with Crippen molar-refractivity contribution in [1.29, 1.82) is 0 Å². The van der Waals surface area contributed by atoms with Crippen LogP contribution in [0.25, 0.3) is 0 Å². The minimum absolute atomic E-state index is 0.0379. The number of alkyl halides is 6. The molecular formula is C27H26F6N4O4S. The summed E-state index contributed by atoms with van der Waals surface area (Å²) in [6.45, 7) is 3.29. The first kappa shape index (κ1) is 31.2. The van der Waals surface area contributed by atoms with Gasteiger partial charge in [0.2, 0.25) is 11.8 Å².